The SMILES string of the molecule is CN1CCN(c2nc(-c3cccc4[nH]ncc34)nc3cc(CN(C)c4ncc(C(=O)NO)cn4)sc23)CC1. The van der Waals surface area contributed by atoms with Crippen molar-refractivity contribution >= 4 is 50.1 Å². The maximum atomic E-state index is 11.6. The molecule has 38 heavy (non-hydrogen) atoms. The summed E-state index contributed by atoms with van der Waals surface area (Å²) >= 11 is 1.67. The number of nitrogens with zero attached hydrogens (tertiary/aromatic N) is 8. The van der Waals surface area contributed by atoms with E-state index in [2.05, 4.69) is 43.1 Å². The van der Waals surface area contributed by atoms with Crippen LogP contribution in [-0.2, 0) is 6.54 Å². The van der Waals surface area contributed by atoms with Crippen LogP contribution in [0, 0.1) is 0 Å². The third-order valence-corrected chi connectivity index (χ3v) is 7.77. The summed E-state index contributed by atoms with van der Waals surface area (Å²) in [5.74, 6) is 1.45. The Kier molecular flexibility index (Phi) is 6.31. The molecule has 0 atom stereocenters. The number of amides is 1. The number of nitrogens with one attached hydrogen (secondary N) is 2. The molecule has 5 aromatic rings. The molecule has 0 bridgehead atoms. The van der Waals surface area contributed by atoms with Gasteiger partial charge >= 0.3 is 0 Å². The third-order valence-electron chi connectivity index (χ3n) is 6.67. The van der Waals surface area contributed by atoms with Crippen molar-refractivity contribution in [1.82, 2.24) is 40.5 Å². The highest BCUT2D eigenvalue weighted by Gasteiger charge is 2.22. The van der Waals surface area contributed by atoms with Crippen molar-refractivity contribution in [3.8, 4) is 11.4 Å². The summed E-state index contributed by atoms with van der Waals surface area (Å²) in [6.45, 7) is 4.29. The summed E-state index contributed by atoms with van der Waals surface area (Å²) in [6, 6.07) is 8.12. The van der Waals surface area contributed by atoms with Crippen molar-refractivity contribution in [1.29, 1.82) is 0 Å². The zero-order valence-electron chi connectivity index (χ0n) is 20.9. The fourth-order valence-corrected chi connectivity index (χ4v) is 5.73. The van der Waals surface area contributed by atoms with Crippen LogP contribution >= 0.6 is 11.3 Å². The smallest absolute Gasteiger partial charge is 0.277 e. The quantitative estimate of drug-likeness (QED) is 0.222. The number of piperazine rings is 1. The van der Waals surface area contributed by atoms with Crippen molar-refractivity contribution in [3.63, 3.8) is 0 Å². The van der Waals surface area contributed by atoms with Gasteiger partial charge in [-0.3, -0.25) is 15.1 Å². The normalized spacial score (nSPS) is 14.3. The third kappa shape index (κ3) is 4.51. The number of H-pyrrole nitrogens is 1. The minimum absolute atomic E-state index is 0.179. The average Bonchev–Trinajstić information content (AvgIpc) is 3.59. The summed E-state index contributed by atoms with van der Waals surface area (Å²) in [7, 11) is 4.03. The first kappa shape index (κ1) is 24.2. The number of benzene rings is 1. The zero-order valence-corrected chi connectivity index (χ0v) is 21.7. The predicted molar refractivity (Wildman–Crippen MR) is 146 cm³/mol. The standard InChI is InChI=1S/C25H26N10O2S/c1-33-6-8-35(9-7-33)23-21-20(29-22(30-23)17-4-3-5-19-18(17)13-28-31-19)10-16(38-21)14-34(2)25-26-11-15(12-27-25)24(36)32-37/h3-5,10-13,37H,6-9,14H2,1-2H3,(H,28,31)(H,32,36). The average molecular weight is 531 g/mol. The molecule has 0 unspecified atom stereocenters. The lowest BCUT2D eigenvalue weighted by Gasteiger charge is -2.33. The van der Waals surface area contributed by atoms with E-state index in [1.54, 1.807) is 16.8 Å². The Labute approximate surface area is 221 Å². The number of anilines is 2. The van der Waals surface area contributed by atoms with E-state index in [1.807, 2.05) is 36.3 Å². The van der Waals surface area contributed by atoms with Crippen molar-refractivity contribution < 1.29 is 10.0 Å². The highest BCUT2D eigenvalue weighted by Crippen LogP contribution is 2.36. The van der Waals surface area contributed by atoms with Crippen LogP contribution in [0.3, 0.4) is 0 Å². The van der Waals surface area contributed by atoms with Crippen molar-refractivity contribution in [2.24, 2.45) is 0 Å². The van der Waals surface area contributed by atoms with Gasteiger partial charge in [0.2, 0.25) is 5.95 Å². The monoisotopic (exact) mass is 530 g/mol. The largest absolute Gasteiger partial charge is 0.353 e. The van der Waals surface area contributed by atoms with E-state index in [-0.39, 0.29) is 5.56 Å². The number of carbonyl (C=O) groups is 1. The first-order valence-corrected chi connectivity index (χ1v) is 13.0. The van der Waals surface area contributed by atoms with Crippen LogP contribution in [0.4, 0.5) is 11.8 Å². The minimum atomic E-state index is -0.652. The van der Waals surface area contributed by atoms with Crippen molar-refractivity contribution in [2.75, 3.05) is 50.1 Å². The van der Waals surface area contributed by atoms with Crippen molar-refractivity contribution in [3.05, 3.63) is 53.3 Å². The van der Waals surface area contributed by atoms with Gasteiger partial charge < -0.3 is 14.7 Å². The van der Waals surface area contributed by atoms with E-state index >= 15 is 0 Å². The van der Waals surface area contributed by atoms with E-state index in [1.165, 1.54) is 12.4 Å². The number of aromatic nitrogens is 6. The maximum absolute atomic E-state index is 11.6. The zero-order chi connectivity index (χ0) is 26.2. The van der Waals surface area contributed by atoms with E-state index in [0.29, 0.717) is 18.3 Å². The molecule has 1 aliphatic rings. The van der Waals surface area contributed by atoms with Crippen LogP contribution in [0.1, 0.15) is 15.2 Å². The fourth-order valence-electron chi connectivity index (χ4n) is 4.56. The summed E-state index contributed by atoms with van der Waals surface area (Å²) in [4.78, 5) is 37.9. The Morgan fingerprint density at radius 3 is 2.71 bits per heavy atom. The van der Waals surface area contributed by atoms with Gasteiger partial charge in [-0.1, -0.05) is 12.1 Å². The topological polar surface area (TPSA) is 139 Å². The summed E-state index contributed by atoms with van der Waals surface area (Å²) < 4.78 is 1.05. The Morgan fingerprint density at radius 2 is 1.95 bits per heavy atom. The molecule has 0 aliphatic carbocycles. The second-order valence-electron chi connectivity index (χ2n) is 9.29. The lowest BCUT2D eigenvalue weighted by atomic mass is 10.1. The first-order chi connectivity index (χ1) is 18.5. The second kappa shape index (κ2) is 9.93. The highest BCUT2D eigenvalue weighted by molar-refractivity contribution is 7.19. The molecule has 194 valence electrons. The molecule has 0 radical (unpaired) electrons. The van der Waals surface area contributed by atoms with Gasteiger partial charge in [0.1, 0.15) is 0 Å². The molecule has 1 aliphatic heterocycles. The second-order valence-corrected chi connectivity index (χ2v) is 10.4. The minimum Gasteiger partial charge on any atom is -0.353 e. The molecule has 0 spiro atoms. The number of carbonyl (C=O) groups excluding carboxylic acids is 1. The summed E-state index contributed by atoms with van der Waals surface area (Å²) in [5, 5.41) is 17.0. The number of aromatic amines is 1. The Morgan fingerprint density at radius 1 is 1.16 bits per heavy atom. The number of hydrogen-bond donors (Lipinski definition) is 3. The Balaban J connectivity index is 1.37. The Bertz CT molecular complexity index is 1610. The molecule has 4 aromatic heterocycles. The van der Waals surface area contributed by atoms with Gasteiger partial charge in [-0.15, -0.1) is 11.3 Å². The number of likely N-dealkylation sites (N-methyl/N-ethyl adjacent to an activating group) is 1. The van der Waals surface area contributed by atoms with Crippen LogP contribution in [0.25, 0.3) is 32.5 Å². The molecular weight excluding hydrogens is 504 g/mol. The summed E-state index contributed by atoms with van der Waals surface area (Å²) in [5.41, 5.74) is 4.55. The first-order valence-electron chi connectivity index (χ1n) is 12.1. The van der Waals surface area contributed by atoms with Crippen LogP contribution < -0.4 is 15.3 Å². The molecule has 5 heterocycles. The molecule has 6 rings (SSSR count). The van der Waals surface area contributed by atoms with Crippen LogP contribution in [0.5, 0.6) is 0 Å². The van der Waals surface area contributed by atoms with Gasteiger partial charge in [-0.2, -0.15) is 5.10 Å². The lowest BCUT2D eigenvalue weighted by molar-refractivity contribution is 0.0705. The van der Waals surface area contributed by atoms with Gasteiger partial charge in [0.05, 0.1) is 34.0 Å². The molecular formula is C25H26N10O2S. The highest BCUT2D eigenvalue weighted by atomic mass is 32.1. The van der Waals surface area contributed by atoms with Gasteiger partial charge in [-0.05, 0) is 19.2 Å². The number of hydroxylamine groups is 1. The Hall–Kier alpha value is -4.20. The molecule has 12 nitrogen and oxygen atoms in total. The lowest BCUT2D eigenvalue weighted by Crippen LogP contribution is -2.44. The van der Waals surface area contributed by atoms with E-state index in [4.69, 9.17) is 15.2 Å². The molecule has 13 heteroatoms. The van der Waals surface area contributed by atoms with Crippen molar-refractivity contribution in [2.45, 2.75) is 6.54 Å². The van der Waals surface area contributed by atoms with Gasteiger partial charge in [-0.25, -0.2) is 25.4 Å². The molecule has 1 fully saturated rings. The number of thiophene rings is 1. The van der Waals surface area contributed by atoms with E-state index in [9.17, 15) is 4.79 Å². The number of rotatable bonds is 6. The van der Waals surface area contributed by atoms with Crippen LogP contribution in [0.15, 0.2) is 42.9 Å². The van der Waals surface area contributed by atoms with Gasteiger partial charge in [0.25, 0.3) is 5.91 Å². The predicted octanol–water partition coefficient (Wildman–Crippen LogP) is 2.53. The van der Waals surface area contributed by atoms with Gasteiger partial charge in [0.15, 0.2) is 11.6 Å². The molecule has 1 aromatic carbocycles. The molecule has 1 saturated heterocycles. The summed E-state index contributed by atoms with van der Waals surface area (Å²) in [6.07, 6.45) is 4.58. The van der Waals surface area contributed by atoms with Gasteiger partial charge in [0, 0.05) is 61.4 Å². The number of fused-ring (bicyclic) bond motifs is 2. The van der Waals surface area contributed by atoms with E-state index < -0.39 is 5.91 Å². The molecule has 3 N–H and O–H groups in total. The molecule has 0 saturated carbocycles. The number of hydrogen-bond acceptors (Lipinski definition) is 11. The maximum Gasteiger partial charge on any atom is 0.277 e. The fraction of sp³-hybridized carbons (Fsp3) is 0.280. The van der Waals surface area contributed by atoms with Crippen LogP contribution in [-0.4, -0.2) is 86.4 Å². The van der Waals surface area contributed by atoms with E-state index in [0.717, 1.165) is 63.6 Å². The van der Waals surface area contributed by atoms with Crippen LogP contribution in [0.2, 0.25) is 0 Å². The molecule has 1 amide bonds.